The highest BCUT2D eigenvalue weighted by molar-refractivity contribution is 6.05. The van der Waals surface area contributed by atoms with Crippen LogP contribution < -0.4 is 16.0 Å². The van der Waals surface area contributed by atoms with E-state index in [1.54, 1.807) is 0 Å². The molecule has 3 N–H and O–H groups in total. The maximum atomic E-state index is 12.9. The van der Waals surface area contributed by atoms with Gasteiger partial charge in [0.2, 0.25) is 5.91 Å². The van der Waals surface area contributed by atoms with Gasteiger partial charge in [0.25, 0.3) is 5.91 Å². The Balaban J connectivity index is 0.830. The van der Waals surface area contributed by atoms with Gasteiger partial charge in [0.05, 0.1) is 11.4 Å². The molecule has 47 heavy (non-hydrogen) atoms. The highest BCUT2D eigenvalue weighted by atomic mass is 16.2. The number of benzene rings is 3. The van der Waals surface area contributed by atoms with Crippen LogP contribution in [0.1, 0.15) is 59.3 Å². The van der Waals surface area contributed by atoms with Crippen molar-refractivity contribution in [2.75, 3.05) is 36.8 Å². The number of aryl methyl sites for hydroxylation is 2. The minimum atomic E-state index is -0.120. The first-order valence-electron chi connectivity index (χ1n) is 17.1. The lowest BCUT2D eigenvalue weighted by molar-refractivity contribution is -0.124. The Morgan fingerprint density at radius 3 is 2.66 bits per heavy atom. The highest BCUT2D eigenvalue weighted by Gasteiger charge is 2.28. The molecule has 1 atom stereocenters. The van der Waals surface area contributed by atoms with E-state index in [4.69, 9.17) is 4.98 Å². The van der Waals surface area contributed by atoms with Crippen LogP contribution in [0.15, 0.2) is 79.0 Å². The van der Waals surface area contributed by atoms with Crippen LogP contribution in [0.25, 0.3) is 21.8 Å². The standard InChI is InChI=1S/C39H44N6O2/c1-44-22-18-29-24-31(16-17-36(29)44)42-39(47)28-14-12-27(13-15-28)25-45-23-19-30(26-45)38(46)41-21-7-6-20-40-37-32-8-2-4-10-34(32)43-35-11-5-3-9-33(35)37/h2,4,8,10,12-18,22,24,30H,3,5-7,9,11,19-21,23,25-26H2,1H3,(H,40,43)(H,41,46)(H,42,47)/t30-/m0/s1. The number of aromatic nitrogens is 2. The van der Waals surface area contributed by atoms with Gasteiger partial charge in [-0.15, -0.1) is 0 Å². The van der Waals surface area contributed by atoms with Crippen LogP contribution >= 0.6 is 0 Å². The van der Waals surface area contributed by atoms with Gasteiger partial charge < -0.3 is 20.5 Å². The molecule has 2 aromatic heterocycles. The summed E-state index contributed by atoms with van der Waals surface area (Å²) in [5, 5.41) is 12.2. The highest BCUT2D eigenvalue weighted by Crippen LogP contribution is 2.33. The predicted octanol–water partition coefficient (Wildman–Crippen LogP) is 6.69. The third-order valence-electron chi connectivity index (χ3n) is 9.78. The second-order valence-electron chi connectivity index (χ2n) is 13.1. The summed E-state index contributed by atoms with van der Waals surface area (Å²) in [5.74, 6) is 0.0653. The summed E-state index contributed by atoms with van der Waals surface area (Å²) in [5.41, 5.74) is 8.68. The molecule has 1 aliphatic carbocycles. The fourth-order valence-electron chi connectivity index (χ4n) is 7.17. The van der Waals surface area contributed by atoms with Crippen molar-refractivity contribution < 1.29 is 9.59 Å². The first-order chi connectivity index (χ1) is 23.0. The summed E-state index contributed by atoms with van der Waals surface area (Å²) in [6, 6.07) is 24.2. The third kappa shape index (κ3) is 7.03. The Kier molecular flexibility index (Phi) is 9.20. The molecule has 8 nitrogen and oxygen atoms in total. The molecule has 1 saturated heterocycles. The molecule has 7 rings (SSSR count). The van der Waals surface area contributed by atoms with E-state index in [0.29, 0.717) is 12.1 Å². The van der Waals surface area contributed by atoms with Gasteiger partial charge in [0.1, 0.15) is 0 Å². The number of para-hydroxylation sites is 1. The van der Waals surface area contributed by atoms with E-state index >= 15 is 0 Å². The summed E-state index contributed by atoms with van der Waals surface area (Å²) in [6.45, 7) is 4.02. The monoisotopic (exact) mass is 628 g/mol. The van der Waals surface area contributed by atoms with Gasteiger partial charge in [-0.05, 0) is 105 Å². The van der Waals surface area contributed by atoms with Gasteiger partial charge in [0, 0.05) is 78.3 Å². The molecule has 0 bridgehead atoms. The fraction of sp³-hybridized carbons (Fsp3) is 0.359. The lowest BCUT2D eigenvalue weighted by Gasteiger charge is -2.21. The van der Waals surface area contributed by atoms with Crippen LogP contribution in [0.3, 0.4) is 0 Å². The van der Waals surface area contributed by atoms with Crippen molar-refractivity contribution in [1.29, 1.82) is 0 Å². The third-order valence-corrected chi connectivity index (χ3v) is 9.78. The zero-order chi connectivity index (χ0) is 32.2. The number of amides is 2. The Morgan fingerprint density at radius 1 is 0.936 bits per heavy atom. The van der Waals surface area contributed by atoms with Gasteiger partial charge in [-0.3, -0.25) is 19.5 Å². The van der Waals surface area contributed by atoms with Crippen molar-refractivity contribution >= 4 is 45.0 Å². The van der Waals surface area contributed by atoms with Crippen molar-refractivity contribution in [3.8, 4) is 0 Å². The summed E-state index contributed by atoms with van der Waals surface area (Å²) in [6.07, 6.45) is 9.44. The number of carbonyl (C=O) groups excluding carboxylic acids is 2. The number of fused-ring (bicyclic) bond motifs is 3. The minimum absolute atomic E-state index is 0.0230. The summed E-state index contributed by atoms with van der Waals surface area (Å²) in [4.78, 5) is 33.1. The number of carbonyl (C=O) groups is 2. The largest absolute Gasteiger partial charge is 0.384 e. The number of pyridine rings is 1. The number of nitrogens with zero attached hydrogens (tertiary/aromatic N) is 3. The molecule has 0 spiro atoms. The van der Waals surface area contributed by atoms with E-state index in [9.17, 15) is 9.59 Å². The average Bonchev–Trinajstić information content (AvgIpc) is 3.72. The van der Waals surface area contributed by atoms with E-state index < -0.39 is 0 Å². The van der Waals surface area contributed by atoms with Crippen molar-refractivity contribution in [2.24, 2.45) is 13.0 Å². The molecule has 0 unspecified atom stereocenters. The number of nitrogens with one attached hydrogen (secondary N) is 3. The molecule has 0 radical (unpaired) electrons. The molecular weight excluding hydrogens is 584 g/mol. The summed E-state index contributed by atoms with van der Waals surface area (Å²) >= 11 is 0. The summed E-state index contributed by atoms with van der Waals surface area (Å²) in [7, 11) is 2.01. The van der Waals surface area contributed by atoms with Crippen molar-refractivity contribution in [1.82, 2.24) is 19.8 Å². The van der Waals surface area contributed by atoms with E-state index in [1.165, 1.54) is 35.2 Å². The molecule has 5 aromatic rings. The quantitative estimate of drug-likeness (QED) is 0.142. The number of rotatable bonds is 11. The van der Waals surface area contributed by atoms with E-state index in [2.05, 4.69) is 49.7 Å². The van der Waals surface area contributed by atoms with Gasteiger partial charge in [0.15, 0.2) is 0 Å². The van der Waals surface area contributed by atoms with Crippen molar-refractivity contribution in [3.63, 3.8) is 0 Å². The van der Waals surface area contributed by atoms with Crippen molar-refractivity contribution in [3.05, 3.63) is 101 Å². The zero-order valence-electron chi connectivity index (χ0n) is 27.2. The molecule has 8 heteroatoms. The molecule has 0 saturated carbocycles. The Labute approximate surface area is 276 Å². The molecular formula is C39H44N6O2. The molecule has 2 amide bonds. The van der Waals surface area contributed by atoms with Crippen LogP contribution in [0.4, 0.5) is 11.4 Å². The normalized spacial score (nSPS) is 16.3. The first-order valence-corrected chi connectivity index (χ1v) is 17.1. The molecule has 1 fully saturated rings. The number of hydrogen-bond donors (Lipinski definition) is 3. The Bertz CT molecular complexity index is 1900. The Morgan fingerprint density at radius 2 is 1.77 bits per heavy atom. The van der Waals surface area contributed by atoms with Gasteiger partial charge in [-0.2, -0.15) is 0 Å². The summed E-state index contributed by atoms with van der Waals surface area (Å²) < 4.78 is 2.06. The van der Waals surface area contributed by atoms with Gasteiger partial charge in [-0.1, -0.05) is 30.3 Å². The maximum Gasteiger partial charge on any atom is 0.255 e. The number of hydrogen-bond acceptors (Lipinski definition) is 5. The number of anilines is 2. The fourth-order valence-corrected chi connectivity index (χ4v) is 7.17. The lowest BCUT2D eigenvalue weighted by Crippen LogP contribution is -2.33. The van der Waals surface area contributed by atoms with Crippen LogP contribution in [0.5, 0.6) is 0 Å². The van der Waals surface area contributed by atoms with Crippen LogP contribution in [0, 0.1) is 5.92 Å². The zero-order valence-corrected chi connectivity index (χ0v) is 27.2. The second-order valence-corrected chi connectivity index (χ2v) is 13.1. The average molecular weight is 629 g/mol. The first kappa shape index (κ1) is 30.9. The second kappa shape index (κ2) is 14.0. The van der Waals surface area contributed by atoms with E-state index in [-0.39, 0.29) is 17.7 Å². The SMILES string of the molecule is Cn1ccc2cc(NC(=O)c3ccc(CN4CC[C@H](C(=O)NCCCCNc5c6c(nc7ccccc57)CCCC6)C4)cc3)ccc21. The predicted molar refractivity (Wildman–Crippen MR) is 190 cm³/mol. The van der Waals surface area contributed by atoms with E-state index in [0.717, 1.165) is 86.0 Å². The molecule has 2 aliphatic rings. The minimum Gasteiger partial charge on any atom is -0.384 e. The topological polar surface area (TPSA) is 91.3 Å². The van der Waals surface area contributed by atoms with Crippen LogP contribution in [0.2, 0.25) is 0 Å². The lowest BCUT2D eigenvalue weighted by atomic mass is 9.92. The van der Waals surface area contributed by atoms with Crippen LogP contribution in [-0.4, -0.2) is 52.4 Å². The number of likely N-dealkylation sites (tertiary alicyclic amines) is 1. The van der Waals surface area contributed by atoms with Gasteiger partial charge in [-0.25, -0.2) is 0 Å². The smallest absolute Gasteiger partial charge is 0.255 e. The molecule has 3 heterocycles. The molecule has 242 valence electrons. The van der Waals surface area contributed by atoms with Crippen LogP contribution in [-0.2, 0) is 31.2 Å². The molecule has 1 aliphatic heterocycles. The van der Waals surface area contributed by atoms with Gasteiger partial charge >= 0.3 is 0 Å². The maximum absolute atomic E-state index is 12.9. The molecule has 3 aromatic carbocycles. The number of unbranched alkanes of at least 4 members (excludes halogenated alkanes) is 1. The Hall–Kier alpha value is -4.69. The van der Waals surface area contributed by atoms with Crippen molar-refractivity contribution in [2.45, 2.75) is 51.5 Å². The van der Waals surface area contributed by atoms with E-state index in [1.807, 2.05) is 61.8 Å².